The molecule has 0 aromatic carbocycles. The first-order chi connectivity index (χ1) is 11.6. The van der Waals surface area contributed by atoms with E-state index in [-0.39, 0.29) is 11.9 Å². The maximum atomic E-state index is 12.7. The summed E-state index contributed by atoms with van der Waals surface area (Å²) in [7, 11) is 2.08. The second-order valence-electron chi connectivity index (χ2n) is 7.41. The lowest BCUT2D eigenvalue weighted by Crippen LogP contribution is -2.44. The number of rotatable bonds is 4. The molecule has 24 heavy (non-hydrogen) atoms. The Hall–Kier alpha value is -1.82. The Labute approximate surface area is 142 Å². The van der Waals surface area contributed by atoms with Gasteiger partial charge in [-0.1, -0.05) is 12.8 Å². The van der Waals surface area contributed by atoms with Crippen molar-refractivity contribution >= 4 is 11.9 Å². The minimum absolute atomic E-state index is 0.000358. The highest BCUT2D eigenvalue weighted by Gasteiger charge is 2.52. The number of hydrogen-bond donors (Lipinski definition) is 1. The highest BCUT2D eigenvalue weighted by molar-refractivity contribution is 6.07. The molecule has 4 rings (SSSR count). The lowest BCUT2D eigenvalue weighted by Gasteiger charge is -2.27. The van der Waals surface area contributed by atoms with Crippen LogP contribution >= 0.6 is 0 Å². The first-order valence-electron chi connectivity index (χ1n) is 9.10. The van der Waals surface area contributed by atoms with Crippen molar-refractivity contribution in [2.75, 3.05) is 19.6 Å². The highest BCUT2D eigenvalue weighted by atomic mass is 16.2. The summed E-state index contributed by atoms with van der Waals surface area (Å²) in [6.07, 6.45) is 8.03. The molecule has 1 aromatic rings. The van der Waals surface area contributed by atoms with Crippen molar-refractivity contribution in [3.05, 3.63) is 24.0 Å². The summed E-state index contributed by atoms with van der Waals surface area (Å²) in [5.74, 6) is -0.000358. The Kier molecular flexibility index (Phi) is 3.87. The van der Waals surface area contributed by atoms with Gasteiger partial charge in [0.2, 0.25) is 0 Å². The van der Waals surface area contributed by atoms with E-state index in [1.165, 1.54) is 17.0 Å². The van der Waals surface area contributed by atoms with Crippen molar-refractivity contribution in [2.24, 2.45) is 7.05 Å². The van der Waals surface area contributed by atoms with E-state index in [0.29, 0.717) is 12.6 Å². The van der Waals surface area contributed by atoms with Crippen LogP contribution < -0.4 is 5.32 Å². The van der Waals surface area contributed by atoms with Gasteiger partial charge in [0.25, 0.3) is 5.91 Å². The smallest absolute Gasteiger partial charge is 0.325 e. The van der Waals surface area contributed by atoms with Crippen molar-refractivity contribution in [3.63, 3.8) is 0 Å². The molecule has 1 spiro atoms. The molecule has 3 amide bonds. The zero-order valence-corrected chi connectivity index (χ0v) is 14.3. The highest BCUT2D eigenvalue weighted by Crippen LogP contribution is 2.35. The number of nitrogens with one attached hydrogen (secondary N) is 1. The fourth-order valence-corrected chi connectivity index (χ4v) is 4.67. The number of nitrogens with zero attached hydrogens (tertiary/aromatic N) is 3. The average molecular weight is 330 g/mol. The minimum atomic E-state index is -0.584. The maximum Gasteiger partial charge on any atom is 0.325 e. The first-order valence-corrected chi connectivity index (χ1v) is 9.10. The Bertz CT molecular complexity index is 647. The van der Waals surface area contributed by atoms with E-state index in [1.807, 2.05) is 0 Å². The lowest BCUT2D eigenvalue weighted by molar-refractivity contribution is -0.131. The third-order valence-electron chi connectivity index (χ3n) is 6.00. The number of amides is 3. The molecule has 1 atom stereocenters. The molecule has 130 valence electrons. The van der Waals surface area contributed by atoms with Crippen LogP contribution in [0.25, 0.3) is 0 Å². The second kappa shape index (κ2) is 5.92. The van der Waals surface area contributed by atoms with Gasteiger partial charge in [-0.05, 0) is 44.4 Å². The quantitative estimate of drug-likeness (QED) is 0.860. The van der Waals surface area contributed by atoms with Gasteiger partial charge in [0.15, 0.2) is 0 Å². The lowest BCUT2D eigenvalue weighted by atomic mass is 9.98. The van der Waals surface area contributed by atoms with Crippen LogP contribution in [0.4, 0.5) is 4.79 Å². The summed E-state index contributed by atoms with van der Waals surface area (Å²) in [4.78, 5) is 28.9. The number of carbonyl (C=O) groups excluding carboxylic acids is 2. The molecule has 0 bridgehead atoms. The molecule has 2 aliphatic heterocycles. The van der Waals surface area contributed by atoms with Crippen molar-refractivity contribution in [1.82, 2.24) is 19.7 Å². The van der Waals surface area contributed by atoms with Crippen LogP contribution in [0.5, 0.6) is 0 Å². The zero-order valence-electron chi connectivity index (χ0n) is 14.3. The molecule has 6 heteroatoms. The van der Waals surface area contributed by atoms with Gasteiger partial charge in [0.1, 0.15) is 5.54 Å². The Morgan fingerprint density at radius 3 is 2.71 bits per heavy atom. The van der Waals surface area contributed by atoms with Gasteiger partial charge in [-0.3, -0.25) is 14.6 Å². The van der Waals surface area contributed by atoms with Crippen LogP contribution in [-0.4, -0.2) is 51.5 Å². The van der Waals surface area contributed by atoms with Crippen LogP contribution in [0.15, 0.2) is 18.3 Å². The van der Waals surface area contributed by atoms with E-state index in [2.05, 4.69) is 40.2 Å². The topological polar surface area (TPSA) is 57.6 Å². The number of likely N-dealkylation sites (tertiary alicyclic amines) is 1. The van der Waals surface area contributed by atoms with E-state index in [9.17, 15) is 9.59 Å². The predicted molar refractivity (Wildman–Crippen MR) is 90.4 cm³/mol. The molecular weight excluding hydrogens is 304 g/mol. The van der Waals surface area contributed by atoms with Gasteiger partial charge >= 0.3 is 6.03 Å². The van der Waals surface area contributed by atoms with Crippen molar-refractivity contribution in [3.8, 4) is 0 Å². The van der Waals surface area contributed by atoms with E-state index in [0.717, 1.165) is 45.2 Å². The van der Waals surface area contributed by atoms with Crippen molar-refractivity contribution in [2.45, 2.75) is 50.1 Å². The van der Waals surface area contributed by atoms with Crippen molar-refractivity contribution < 1.29 is 9.59 Å². The fraction of sp³-hybridized carbons (Fsp3) is 0.667. The summed E-state index contributed by atoms with van der Waals surface area (Å²) in [6, 6.07) is 4.44. The Balaban J connectivity index is 1.42. The average Bonchev–Trinajstić information content (AvgIpc) is 3.30. The molecule has 3 aliphatic rings. The van der Waals surface area contributed by atoms with Crippen LogP contribution in [0, 0.1) is 0 Å². The van der Waals surface area contributed by atoms with Crippen LogP contribution in [0.2, 0.25) is 0 Å². The molecule has 0 radical (unpaired) electrons. The molecule has 1 saturated carbocycles. The minimum Gasteiger partial charge on any atom is -0.353 e. The van der Waals surface area contributed by atoms with Gasteiger partial charge in [-0.2, -0.15) is 0 Å². The van der Waals surface area contributed by atoms with Crippen molar-refractivity contribution in [1.29, 1.82) is 0 Å². The zero-order chi connectivity index (χ0) is 16.7. The number of imide groups is 1. The summed E-state index contributed by atoms with van der Waals surface area (Å²) in [6.45, 7) is 2.28. The summed E-state index contributed by atoms with van der Waals surface area (Å²) in [5, 5.41) is 2.97. The van der Waals surface area contributed by atoms with Gasteiger partial charge in [-0.25, -0.2) is 4.79 Å². The van der Waals surface area contributed by atoms with Crippen LogP contribution in [0.3, 0.4) is 0 Å². The standard InChI is InChI=1S/C18H26N4O2/c1-20-10-4-6-14(20)15-7-5-11-21(15)12-13-22-16(23)18(19-17(22)24)8-2-3-9-18/h4,6,10,15H,2-3,5,7-9,11-13H2,1H3,(H,19,24)/t15-/m1/s1. The monoisotopic (exact) mass is 330 g/mol. The van der Waals surface area contributed by atoms with Gasteiger partial charge in [-0.15, -0.1) is 0 Å². The van der Waals surface area contributed by atoms with E-state index in [1.54, 1.807) is 0 Å². The molecule has 1 aliphatic carbocycles. The molecular formula is C18H26N4O2. The predicted octanol–water partition coefficient (Wildman–Crippen LogP) is 2.03. The third-order valence-corrected chi connectivity index (χ3v) is 6.00. The number of urea groups is 1. The maximum absolute atomic E-state index is 12.7. The molecule has 6 nitrogen and oxygen atoms in total. The molecule has 2 saturated heterocycles. The largest absolute Gasteiger partial charge is 0.353 e. The van der Waals surface area contributed by atoms with Gasteiger partial charge in [0.05, 0.1) is 6.04 Å². The number of carbonyl (C=O) groups is 2. The summed E-state index contributed by atoms with van der Waals surface area (Å²) in [5.41, 5.74) is 0.733. The SMILES string of the molecule is Cn1cccc1[C@H]1CCCN1CCN1C(=O)NC2(CCCC2)C1=O. The van der Waals surface area contributed by atoms with E-state index in [4.69, 9.17) is 0 Å². The third kappa shape index (κ3) is 2.44. The van der Waals surface area contributed by atoms with E-state index >= 15 is 0 Å². The number of hydrogen-bond acceptors (Lipinski definition) is 3. The van der Waals surface area contributed by atoms with E-state index < -0.39 is 5.54 Å². The first kappa shape index (κ1) is 15.7. The molecule has 1 N–H and O–H groups in total. The molecule has 1 aromatic heterocycles. The Morgan fingerprint density at radius 1 is 1.21 bits per heavy atom. The fourth-order valence-electron chi connectivity index (χ4n) is 4.67. The molecule has 3 fully saturated rings. The number of aromatic nitrogens is 1. The van der Waals surface area contributed by atoms with Crippen LogP contribution in [0.1, 0.15) is 50.3 Å². The van der Waals surface area contributed by atoms with Crippen LogP contribution in [-0.2, 0) is 11.8 Å². The van der Waals surface area contributed by atoms with Gasteiger partial charge < -0.3 is 9.88 Å². The summed E-state index contributed by atoms with van der Waals surface area (Å²) >= 11 is 0. The summed E-state index contributed by atoms with van der Waals surface area (Å²) < 4.78 is 2.17. The molecule has 3 heterocycles. The van der Waals surface area contributed by atoms with Gasteiger partial charge in [0, 0.05) is 32.0 Å². The Morgan fingerprint density at radius 2 is 2.00 bits per heavy atom. The molecule has 0 unspecified atom stereocenters. The normalized spacial score (nSPS) is 26.7. The second-order valence-corrected chi connectivity index (χ2v) is 7.41. The number of aryl methyl sites for hydroxylation is 1.